The fraction of sp³-hybridized carbons (Fsp3) is 0.250. The maximum atomic E-state index is 11.9. The normalized spacial score (nSPS) is 10.2. The molecule has 0 unspecified atom stereocenters. The number of pyridine rings is 1. The molecule has 110 valence electrons. The lowest BCUT2D eigenvalue weighted by Gasteiger charge is -2.11. The lowest BCUT2D eigenvalue weighted by molar-refractivity contribution is 0.0822. The highest BCUT2D eigenvalue weighted by Gasteiger charge is 2.09. The molecule has 0 fully saturated rings. The van der Waals surface area contributed by atoms with E-state index in [1.165, 1.54) is 4.90 Å². The molecule has 1 aromatic heterocycles. The third-order valence-corrected chi connectivity index (χ3v) is 3.14. The number of anilines is 1. The summed E-state index contributed by atoms with van der Waals surface area (Å²) >= 11 is 0. The van der Waals surface area contributed by atoms with Crippen molar-refractivity contribution in [2.24, 2.45) is 5.73 Å². The second kappa shape index (κ2) is 6.85. The summed E-state index contributed by atoms with van der Waals surface area (Å²) in [6.07, 6.45) is 1.64. The van der Waals surface area contributed by atoms with Crippen LogP contribution in [0.4, 0.5) is 5.69 Å². The summed E-state index contributed by atoms with van der Waals surface area (Å²) in [6.45, 7) is 1.23. The van der Waals surface area contributed by atoms with E-state index in [0.29, 0.717) is 18.8 Å². The van der Waals surface area contributed by atoms with Gasteiger partial charge in [0, 0.05) is 39.1 Å². The number of aromatic nitrogens is 1. The SMILES string of the molecule is CN(C)C(=O)c1cc(NCc2ccc(CN)cc2)ccn1. The van der Waals surface area contributed by atoms with Gasteiger partial charge in [0.05, 0.1) is 0 Å². The number of nitrogens with two attached hydrogens (primary N) is 1. The van der Waals surface area contributed by atoms with E-state index >= 15 is 0 Å². The summed E-state index contributed by atoms with van der Waals surface area (Å²) in [5.74, 6) is -0.106. The Morgan fingerprint density at radius 1 is 1.19 bits per heavy atom. The van der Waals surface area contributed by atoms with Crippen LogP contribution in [0.2, 0.25) is 0 Å². The number of carbonyl (C=O) groups is 1. The molecule has 21 heavy (non-hydrogen) atoms. The molecule has 0 aliphatic heterocycles. The van der Waals surface area contributed by atoms with Gasteiger partial charge >= 0.3 is 0 Å². The number of nitrogens with one attached hydrogen (secondary N) is 1. The molecule has 0 saturated heterocycles. The summed E-state index contributed by atoms with van der Waals surface area (Å²) in [5, 5.41) is 3.29. The molecule has 0 spiro atoms. The first-order valence-electron chi connectivity index (χ1n) is 6.79. The minimum Gasteiger partial charge on any atom is -0.381 e. The first-order valence-corrected chi connectivity index (χ1v) is 6.79. The molecule has 1 aromatic carbocycles. The second-order valence-corrected chi connectivity index (χ2v) is 5.00. The van der Waals surface area contributed by atoms with Crippen LogP contribution in [0.15, 0.2) is 42.6 Å². The molecule has 0 aliphatic carbocycles. The van der Waals surface area contributed by atoms with E-state index in [0.717, 1.165) is 16.8 Å². The van der Waals surface area contributed by atoms with Crippen molar-refractivity contribution in [1.82, 2.24) is 9.88 Å². The van der Waals surface area contributed by atoms with Crippen LogP contribution in [-0.4, -0.2) is 29.9 Å². The molecule has 1 amide bonds. The van der Waals surface area contributed by atoms with Gasteiger partial charge < -0.3 is 16.0 Å². The molecule has 0 radical (unpaired) electrons. The highest BCUT2D eigenvalue weighted by atomic mass is 16.2. The largest absolute Gasteiger partial charge is 0.381 e. The van der Waals surface area contributed by atoms with Crippen molar-refractivity contribution in [3.63, 3.8) is 0 Å². The number of carbonyl (C=O) groups excluding carboxylic acids is 1. The van der Waals surface area contributed by atoms with Gasteiger partial charge in [0.1, 0.15) is 5.69 Å². The molecule has 5 nitrogen and oxygen atoms in total. The molecule has 3 N–H and O–H groups in total. The van der Waals surface area contributed by atoms with Crippen molar-refractivity contribution in [2.75, 3.05) is 19.4 Å². The van der Waals surface area contributed by atoms with Gasteiger partial charge in [0.25, 0.3) is 5.91 Å². The van der Waals surface area contributed by atoms with Crippen molar-refractivity contribution in [1.29, 1.82) is 0 Å². The third kappa shape index (κ3) is 4.03. The van der Waals surface area contributed by atoms with Gasteiger partial charge in [-0.05, 0) is 23.3 Å². The fourth-order valence-electron chi connectivity index (χ4n) is 1.88. The van der Waals surface area contributed by atoms with Crippen molar-refractivity contribution in [3.05, 3.63) is 59.4 Å². The zero-order valence-electron chi connectivity index (χ0n) is 12.3. The highest BCUT2D eigenvalue weighted by Crippen LogP contribution is 2.12. The predicted octanol–water partition coefficient (Wildman–Crippen LogP) is 1.85. The molecule has 1 heterocycles. The molecule has 2 rings (SSSR count). The van der Waals surface area contributed by atoms with E-state index in [-0.39, 0.29) is 5.91 Å². The number of nitrogens with zero attached hydrogens (tertiary/aromatic N) is 2. The van der Waals surface area contributed by atoms with Crippen LogP contribution in [0.1, 0.15) is 21.6 Å². The van der Waals surface area contributed by atoms with Gasteiger partial charge in [-0.2, -0.15) is 0 Å². The van der Waals surface area contributed by atoms with E-state index in [4.69, 9.17) is 5.73 Å². The molecule has 5 heteroatoms. The second-order valence-electron chi connectivity index (χ2n) is 5.00. The average Bonchev–Trinajstić information content (AvgIpc) is 2.53. The Morgan fingerprint density at radius 2 is 1.86 bits per heavy atom. The predicted molar refractivity (Wildman–Crippen MR) is 83.9 cm³/mol. The van der Waals surface area contributed by atoms with E-state index in [1.807, 2.05) is 30.3 Å². The van der Waals surface area contributed by atoms with Crippen LogP contribution in [0.3, 0.4) is 0 Å². The van der Waals surface area contributed by atoms with Crippen molar-refractivity contribution in [3.8, 4) is 0 Å². The zero-order chi connectivity index (χ0) is 15.2. The quantitative estimate of drug-likeness (QED) is 0.879. The first-order chi connectivity index (χ1) is 10.1. The van der Waals surface area contributed by atoms with Crippen molar-refractivity contribution < 1.29 is 4.79 Å². The van der Waals surface area contributed by atoms with Crippen LogP contribution in [0, 0.1) is 0 Å². The highest BCUT2D eigenvalue weighted by molar-refractivity contribution is 5.92. The monoisotopic (exact) mass is 284 g/mol. The van der Waals surface area contributed by atoms with Gasteiger partial charge in [-0.1, -0.05) is 24.3 Å². The molecule has 0 atom stereocenters. The maximum absolute atomic E-state index is 11.9. The zero-order valence-corrected chi connectivity index (χ0v) is 12.3. The van der Waals surface area contributed by atoms with Gasteiger partial charge in [0.15, 0.2) is 0 Å². The van der Waals surface area contributed by atoms with Gasteiger partial charge in [0.2, 0.25) is 0 Å². The Morgan fingerprint density at radius 3 is 2.48 bits per heavy atom. The Balaban J connectivity index is 2.02. The van der Waals surface area contributed by atoms with Crippen LogP contribution in [-0.2, 0) is 13.1 Å². The van der Waals surface area contributed by atoms with Crippen LogP contribution >= 0.6 is 0 Å². The molecule has 0 aliphatic rings. The van der Waals surface area contributed by atoms with E-state index in [2.05, 4.69) is 10.3 Å². The van der Waals surface area contributed by atoms with Crippen LogP contribution in [0.5, 0.6) is 0 Å². The number of hydrogen-bond acceptors (Lipinski definition) is 4. The van der Waals surface area contributed by atoms with Gasteiger partial charge in [-0.3, -0.25) is 9.78 Å². The van der Waals surface area contributed by atoms with E-state index in [1.54, 1.807) is 26.4 Å². The summed E-state index contributed by atoms with van der Waals surface area (Å²) in [6, 6.07) is 11.7. The Bertz CT molecular complexity index is 608. The van der Waals surface area contributed by atoms with E-state index in [9.17, 15) is 4.79 Å². The lowest BCUT2D eigenvalue weighted by Crippen LogP contribution is -2.22. The van der Waals surface area contributed by atoms with Gasteiger partial charge in [-0.15, -0.1) is 0 Å². The molecular weight excluding hydrogens is 264 g/mol. The lowest BCUT2D eigenvalue weighted by atomic mass is 10.1. The maximum Gasteiger partial charge on any atom is 0.272 e. The molecule has 2 aromatic rings. The number of amides is 1. The average molecular weight is 284 g/mol. The Kier molecular flexibility index (Phi) is 4.90. The molecule has 0 bridgehead atoms. The standard InChI is InChI=1S/C16H20N4O/c1-20(2)16(21)15-9-14(7-8-18-15)19-11-13-5-3-12(10-17)4-6-13/h3-9H,10-11,17H2,1-2H3,(H,18,19). The minimum absolute atomic E-state index is 0.106. The molecular formula is C16H20N4O. The fourth-order valence-corrected chi connectivity index (χ4v) is 1.88. The minimum atomic E-state index is -0.106. The van der Waals surface area contributed by atoms with Crippen molar-refractivity contribution >= 4 is 11.6 Å². The topological polar surface area (TPSA) is 71.2 Å². The number of rotatable bonds is 5. The summed E-state index contributed by atoms with van der Waals surface area (Å²) < 4.78 is 0. The Hall–Kier alpha value is -2.40. The van der Waals surface area contributed by atoms with Crippen LogP contribution < -0.4 is 11.1 Å². The van der Waals surface area contributed by atoms with E-state index < -0.39 is 0 Å². The van der Waals surface area contributed by atoms with Gasteiger partial charge in [-0.25, -0.2) is 0 Å². The Labute approximate surface area is 124 Å². The number of benzene rings is 1. The molecule has 0 saturated carbocycles. The summed E-state index contributed by atoms with van der Waals surface area (Å²) in [5.41, 5.74) is 9.15. The summed E-state index contributed by atoms with van der Waals surface area (Å²) in [7, 11) is 3.42. The number of hydrogen-bond donors (Lipinski definition) is 2. The van der Waals surface area contributed by atoms with Crippen molar-refractivity contribution in [2.45, 2.75) is 13.1 Å². The van der Waals surface area contributed by atoms with Crippen LogP contribution in [0.25, 0.3) is 0 Å². The summed E-state index contributed by atoms with van der Waals surface area (Å²) in [4.78, 5) is 17.5. The smallest absolute Gasteiger partial charge is 0.272 e. The third-order valence-electron chi connectivity index (χ3n) is 3.14. The first kappa shape index (κ1) is 15.0.